The maximum atomic E-state index is 10.8. The Morgan fingerprint density at radius 2 is 1.91 bits per heavy atom. The highest BCUT2D eigenvalue weighted by atomic mass is 16.4. The van der Waals surface area contributed by atoms with Crippen molar-refractivity contribution in [3.8, 4) is 0 Å². The van der Waals surface area contributed by atoms with Crippen LogP contribution in [0.25, 0.3) is 0 Å². The number of fused-ring (bicyclic) bond motifs is 5. The molecule has 4 aliphatic carbocycles. The van der Waals surface area contributed by atoms with Gasteiger partial charge in [0.2, 0.25) is 0 Å². The molecular formula is C19H29NO3. The van der Waals surface area contributed by atoms with Gasteiger partial charge in [0.15, 0.2) is 0 Å². The highest BCUT2D eigenvalue weighted by Gasteiger charge is 2.60. The van der Waals surface area contributed by atoms with Crippen LogP contribution < -0.4 is 0 Å². The number of nitrogens with zero attached hydrogens (tertiary/aromatic N) is 1. The molecule has 0 heterocycles. The number of hydrogen-bond acceptors (Lipinski definition) is 4. The molecule has 0 bridgehead atoms. The first-order valence-corrected chi connectivity index (χ1v) is 9.19. The largest absolute Gasteiger partial charge is 0.411 e. The molecule has 0 aromatic rings. The minimum Gasteiger partial charge on any atom is -0.411 e. The third-order valence-electron chi connectivity index (χ3n) is 7.94. The molecule has 0 aromatic heterocycles. The quantitative estimate of drug-likeness (QED) is 0.474. The lowest BCUT2D eigenvalue weighted by atomic mass is 9.47. The summed E-state index contributed by atoms with van der Waals surface area (Å²) in [6.45, 7) is 4.58. The van der Waals surface area contributed by atoms with Crippen LogP contribution in [0.5, 0.6) is 0 Å². The van der Waals surface area contributed by atoms with Gasteiger partial charge in [-0.25, -0.2) is 0 Å². The summed E-state index contributed by atoms with van der Waals surface area (Å²) in [6, 6.07) is 0. The zero-order valence-electron chi connectivity index (χ0n) is 14.2. The van der Waals surface area contributed by atoms with E-state index in [2.05, 4.69) is 19.0 Å². The van der Waals surface area contributed by atoms with E-state index in [1.807, 2.05) is 6.08 Å². The monoisotopic (exact) mass is 319 g/mol. The number of rotatable bonds is 0. The topological polar surface area (TPSA) is 73.1 Å². The molecule has 3 saturated carbocycles. The van der Waals surface area contributed by atoms with E-state index in [1.54, 1.807) is 0 Å². The van der Waals surface area contributed by atoms with Gasteiger partial charge in [-0.1, -0.05) is 31.0 Å². The first kappa shape index (κ1) is 15.6. The Balaban J connectivity index is 1.82. The zero-order chi connectivity index (χ0) is 16.4. The number of aliphatic hydroxyl groups is 2. The number of aliphatic hydroxyl groups excluding tert-OH is 2. The van der Waals surface area contributed by atoms with Crippen LogP contribution in [-0.4, -0.2) is 33.3 Å². The molecule has 4 aliphatic rings. The van der Waals surface area contributed by atoms with Gasteiger partial charge >= 0.3 is 0 Å². The number of hydrogen-bond donors (Lipinski definition) is 3. The van der Waals surface area contributed by atoms with Crippen molar-refractivity contribution in [2.24, 2.45) is 33.7 Å². The van der Waals surface area contributed by atoms with Crippen molar-refractivity contribution in [3.63, 3.8) is 0 Å². The molecule has 0 amide bonds. The van der Waals surface area contributed by atoms with Crippen molar-refractivity contribution in [2.45, 2.75) is 71.0 Å². The molecule has 0 radical (unpaired) electrons. The second kappa shape index (κ2) is 5.06. The molecule has 4 rings (SSSR count). The number of oxime groups is 1. The van der Waals surface area contributed by atoms with Gasteiger partial charge in [-0.2, -0.15) is 0 Å². The van der Waals surface area contributed by atoms with E-state index < -0.39 is 12.2 Å². The van der Waals surface area contributed by atoms with Crippen LogP contribution in [0, 0.1) is 28.6 Å². The van der Waals surface area contributed by atoms with Gasteiger partial charge in [-0.15, -0.1) is 0 Å². The fraction of sp³-hybridized carbons (Fsp3) is 0.842. The summed E-state index contributed by atoms with van der Waals surface area (Å²) in [7, 11) is 0. The second-order valence-electron chi connectivity index (χ2n) is 8.91. The molecule has 0 aliphatic heterocycles. The summed E-state index contributed by atoms with van der Waals surface area (Å²) >= 11 is 0. The lowest BCUT2D eigenvalue weighted by molar-refractivity contribution is -0.0820. The highest BCUT2D eigenvalue weighted by molar-refractivity contribution is 5.99. The van der Waals surface area contributed by atoms with Crippen molar-refractivity contribution < 1.29 is 15.4 Å². The predicted octanol–water partition coefficient (Wildman–Crippen LogP) is 3.11. The van der Waals surface area contributed by atoms with Crippen LogP contribution in [0.2, 0.25) is 0 Å². The standard InChI is InChI=1S/C19H29NO3/c1-18-6-3-4-13(18)17-14(5-7-18)19(2)11(9-15(17)20-23)8-12(21)10-16(19)22/h9,12-14,16-17,21-23H,3-8,10H2,1-2H3/b20-15-/t12-,13+,14+,16-,17+,18+,19+/m1/s1. The van der Waals surface area contributed by atoms with Crippen molar-refractivity contribution in [1.29, 1.82) is 0 Å². The van der Waals surface area contributed by atoms with E-state index >= 15 is 0 Å². The molecule has 0 aromatic carbocycles. The molecule has 4 nitrogen and oxygen atoms in total. The van der Waals surface area contributed by atoms with E-state index in [-0.39, 0.29) is 11.3 Å². The van der Waals surface area contributed by atoms with Crippen LogP contribution in [0.15, 0.2) is 16.8 Å². The Morgan fingerprint density at radius 1 is 1.13 bits per heavy atom. The van der Waals surface area contributed by atoms with E-state index in [9.17, 15) is 15.4 Å². The van der Waals surface area contributed by atoms with Gasteiger partial charge in [-0.05, 0) is 55.4 Å². The van der Waals surface area contributed by atoms with E-state index in [4.69, 9.17) is 0 Å². The second-order valence-corrected chi connectivity index (χ2v) is 8.91. The fourth-order valence-corrected chi connectivity index (χ4v) is 6.56. The maximum absolute atomic E-state index is 10.8. The van der Waals surface area contributed by atoms with Crippen molar-refractivity contribution in [1.82, 2.24) is 0 Å². The average Bonchev–Trinajstić information content (AvgIpc) is 2.90. The lowest BCUT2D eigenvalue weighted by Crippen LogP contribution is -2.57. The van der Waals surface area contributed by atoms with E-state index in [0.717, 1.165) is 17.7 Å². The van der Waals surface area contributed by atoms with Gasteiger partial charge in [0.25, 0.3) is 0 Å². The summed E-state index contributed by atoms with van der Waals surface area (Å²) in [6.07, 6.45) is 8.09. The Bertz CT molecular complexity index is 571. The Morgan fingerprint density at radius 3 is 2.65 bits per heavy atom. The molecule has 0 saturated heterocycles. The van der Waals surface area contributed by atoms with Gasteiger partial charge in [0.05, 0.1) is 17.9 Å². The molecule has 128 valence electrons. The van der Waals surface area contributed by atoms with E-state index in [1.165, 1.54) is 25.7 Å². The van der Waals surface area contributed by atoms with Crippen LogP contribution >= 0.6 is 0 Å². The van der Waals surface area contributed by atoms with Gasteiger partial charge in [0.1, 0.15) is 0 Å². The van der Waals surface area contributed by atoms with Crippen LogP contribution in [-0.2, 0) is 0 Å². The first-order valence-electron chi connectivity index (χ1n) is 9.19. The minimum atomic E-state index is -0.504. The van der Waals surface area contributed by atoms with Crippen LogP contribution in [0.1, 0.15) is 58.8 Å². The third-order valence-corrected chi connectivity index (χ3v) is 7.94. The maximum Gasteiger partial charge on any atom is 0.0832 e. The summed E-state index contributed by atoms with van der Waals surface area (Å²) < 4.78 is 0. The molecule has 0 spiro atoms. The summed E-state index contributed by atoms with van der Waals surface area (Å²) in [4.78, 5) is 0. The van der Waals surface area contributed by atoms with Gasteiger partial charge < -0.3 is 15.4 Å². The summed E-state index contributed by atoms with van der Waals surface area (Å²) in [5.41, 5.74) is 1.96. The SMILES string of the molecule is C[C@@]12CCC[C@H]1[C@@H]1/C(=N\O)C=C3C[C@@H](O)C[C@@H](O)[C@]3(C)[C@H]1CC2. The molecular weight excluding hydrogens is 290 g/mol. The third kappa shape index (κ3) is 2.00. The highest BCUT2D eigenvalue weighted by Crippen LogP contribution is 2.64. The Labute approximate surface area is 138 Å². The molecule has 3 fully saturated rings. The van der Waals surface area contributed by atoms with Crippen LogP contribution in [0.3, 0.4) is 0 Å². The molecule has 0 unspecified atom stereocenters. The van der Waals surface area contributed by atoms with Gasteiger partial charge in [0, 0.05) is 17.8 Å². The molecule has 4 heteroatoms. The normalized spacial score (nSPS) is 54.2. The average molecular weight is 319 g/mol. The Kier molecular flexibility index (Phi) is 3.44. The number of allylic oxidation sites excluding steroid dienone is 1. The van der Waals surface area contributed by atoms with Gasteiger partial charge in [-0.3, -0.25) is 0 Å². The fourth-order valence-electron chi connectivity index (χ4n) is 6.56. The Hall–Kier alpha value is -0.870. The molecule has 3 N–H and O–H groups in total. The molecule has 7 atom stereocenters. The summed E-state index contributed by atoms with van der Waals surface area (Å²) in [5, 5.41) is 34.2. The molecule has 23 heavy (non-hydrogen) atoms. The van der Waals surface area contributed by atoms with E-state index in [0.29, 0.717) is 30.1 Å². The van der Waals surface area contributed by atoms with Crippen molar-refractivity contribution in [3.05, 3.63) is 11.6 Å². The zero-order valence-corrected chi connectivity index (χ0v) is 14.2. The smallest absolute Gasteiger partial charge is 0.0832 e. The summed E-state index contributed by atoms with van der Waals surface area (Å²) in [5.74, 6) is 1.13. The van der Waals surface area contributed by atoms with Crippen LogP contribution in [0.4, 0.5) is 0 Å². The van der Waals surface area contributed by atoms with Crippen molar-refractivity contribution >= 4 is 5.71 Å². The van der Waals surface area contributed by atoms with Crippen molar-refractivity contribution in [2.75, 3.05) is 0 Å². The predicted molar refractivity (Wildman–Crippen MR) is 88.3 cm³/mol. The first-order chi connectivity index (χ1) is 10.9. The minimum absolute atomic E-state index is 0.250. The lowest BCUT2D eigenvalue weighted by Gasteiger charge is -2.58.